The van der Waals surface area contributed by atoms with Crippen LogP contribution in [0, 0.1) is 0 Å². The van der Waals surface area contributed by atoms with Gasteiger partial charge in [0, 0.05) is 23.6 Å². The molecule has 0 bridgehead atoms. The molecule has 1 fully saturated rings. The molecule has 0 saturated carbocycles. The van der Waals surface area contributed by atoms with E-state index in [9.17, 15) is 19.2 Å². The minimum absolute atomic E-state index is 0.0137. The lowest BCUT2D eigenvalue weighted by molar-refractivity contribution is -0.135. The molecule has 1 spiro atoms. The summed E-state index contributed by atoms with van der Waals surface area (Å²) in [6.07, 6.45) is 0.253. The molecule has 32 heavy (non-hydrogen) atoms. The molecule has 3 aliphatic rings. The Balaban J connectivity index is 1.38. The highest BCUT2D eigenvalue weighted by Gasteiger charge is 2.55. The van der Waals surface area contributed by atoms with E-state index in [2.05, 4.69) is 10.6 Å². The number of benzene rings is 2. The minimum atomic E-state index is -1.27. The lowest BCUT2D eigenvalue weighted by Gasteiger charge is -2.33. The topological polar surface area (TPSA) is 123 Å². The molecule has 3 aliphatic heterocycles. The van der Waals surface area contributed by atoms with Crippen molar-refractivity contribution in [1.82, 2.24) is 10.2 Å². The quantitative estimate of drug-likeness (QED) is 0.552. The van der Waals surface area contributed by atoms with Gasteiger partial charge in [0.05, 0.1) is 12.3 Å². The molecule has 0 aliphatic carbocycles. The van der Waals surface area contributed by atoms with Crippen LogP contribution in [-0.4, -0.2) is 48.5 Å². The molecular weight excluding hydrogens is 418 g/mol. The Hall–Kier alpha value is -4.08. The van der Waals surface area contributed by atoms with Crippen molar-refractivity contribution in [2.75, 3.05) is 25.3 Å². The third kappa shape index (κ3) is 3.03. The van der Waals surface area contributed by atoms with Crippen molar-refractivity contribution in [3.63, 3.8) is 0 Å². The van der Waals surface area contributed by atoms with Gasteiger partial charge < -0.3 is 24.8 Å². The van der Waals surface area contributed by atoms with Gasteiger partial charge in [0.25, 0.3) is 5.91 Å². The number of Topliss-reactive ketones (excluding diaryl/α,β-unsaturated/α-hetero) is 1. The van der Waals surface area contributed by atoms with Crippen molar-refractivity contribution in [1.29, 1.82) is 0 Å². The summed E-state index contributed by atoms with van der Waals surface area (Å²) >= 11 is 0. The van der Waals surface area contributed by atoms with Gasteiger partial charge in [0.15, 0.2) is 22.8 Å². The molecule has 164 valence electrons. The van der Waals surface area contributed by atoms with E-state index in [4.69, 9.17) is 14.2 Å². The summed E-state index contributed by atoms with van der Waals surface area (Å²) in [5.41, 5.74) is -0.267. The highest BCUT2D eigenvalue weighted by molar-refractivity contribution is 6.11. The standard InChI is InChI=1S/C22H19N3O7/c1-12(26)13-8-17-18(32-11-31-17)9-15(13)23-19(27)10-25-20(28)22(24-21(25)29)6-7-30-16-5-3-2-4-14(16)22/h2-5,8-9H,6-7,10-11H2,1H3,(H,23,27)(H,24,29)/t22-/m1/s1. The van der Waals surface area contributed by atoms with E-state index in [1.165, 1.54) is 19.1 Å². The third-order valence-electron chi connectivity index (χ3n) is 5.73. The molecule has 3 heterocycles. The Morgan fingerprint density at radius 2 is 1.84 bits per heavy atom. The van der Waals surface area contributed by atoms with Crippen molar-refractivity contribution in [3.8, 4) is 17.2 Å². The van der Waals surface area contributed by atoms with Gasteiger partial charge in [0.1, 0.15) is 12.3 Å². The summed E-state index contributed by atoms with van der Waals surface area (Å²) in [5, 5.41) is 5.35. The second-order valence-electron chi connectivity index (χ2n) is 7.68. The molecule has 10 heteroatoms. The number of ether oxygens (including phenoxy) is 3. The molecule has 2 aromatic rings. The number of ketones is 1. The predicted octanol–water partition coefficient (Wildman–Crippen LogP) is 1.79. The van der Waals surface area contributed by atoms with Crippen LogP contribution in [0.4, 0.5) is 10.5 Å². The molecule has 2 N–H and O–H groups in total. The number of nitrogens with zero attached hydrogens (tertiary/aromatic N) is 1. The molecule has 2 aromatic carbocycles. The number of nitrogens with one attached hydrogen (secondary N) is 2. The number of urea groups is 1. The first kappa shape index (κ1) is 19.9. The smallest absolute Gasteiger partial charge is 0.325 e. The van der Waals surface area contributed by atoms with Crippen molar-refractivity contribution < 1.29 is 33.4 Å². The van der Waals surface area contributed by atoms with E-state index in [0.717, 1.165) is 4.90 Å². The SMILES string of the molecule is CC(=O)c1cc2c(cc1NC(=O)CN1C(=O)N[C@@]3(CCOc4ccccc43)C1=O)OCO2. The normalized spacial score (nSPS) is 20.6. The minimum Gasteiger partial charge on any atom is -0.493 e. The number of carbonyl (C=O) groups excluding carboxylic acids is 4. The average Bonchev–Trinajstić information content (AvgIpc) is 3.32. The van der Waals surface area contributed by atoms with E-state index in [0.29, 0.717) is 22.8 Å². The zero-order chi connectivity index (χ0) is 22.5. The van der Waals surface area contributed by atoms with Crippen LogP contribution in [0.2, 0.25) is 0 Å². The number of hydrogen-bond donors (Lipinski definition) is 2. The number of imide groups is 1. The van der Waals surface area contributed by atoms with Crippen LogP contribution in [0.3, 0.4) is 0 Å². The Morgan fingerprint density at radius 3 is 2.62 bits per heavy atom. The molecule has 0 radical (unpaired) electrons. The van der Waals surface area contributed by atoms with Crippen LogP contribution in [0.25, 0.3) is 0 Å². The summed E-state index contributed by atoms with van der Waals surface area (Å²) in [6.45, 7) is 1.11. The number of amides is 4. The average molecular weight is 437 g/mol. The van der Waals surface area contributed by atoms with Gasteiger partial charge in [-0.25, -0.2) is 4.79 Å². The first-order valence-electron chi connectivity index (χ1n) is 10.00. The molecule has 10 nitrogen and oxygen atoms in total. The van der Waals surface area contributed by atoms with Gasteiger partial charge in [0.2, 0.25) is 12.7 Å². The van der Waals surface area contributed by atoms with Gasteiger partial charge in [-0.2, -0.15) is 0 Å². The fourth-order valence-electron chi connectivity index (χ4n) is 4.19. The van der Waals surface area contributed by atoms with Gasteiger partial charge in [-0.15, -0.1) is 0 Å². The largest absolute Gasteiger partial charge is 0.493 e. The molecule has 4 amide bonds. The second-order valence-corrected chi connectivity index (χ2v) is 7.68. The van der Waals surface area contributed by atoms with Crippen molar-refractivity contribution in [3.05, 3.63) is 47.5 Å². The summed E-state index contributed by atoms with van der Waals surface area (Å²) < 4.78 is 16.2. The van der Waals surface area contributed by atoms with E-state index in [1.807, 2.05) is 0 Å². The summed E-state index contributed by atoms with van der Waals surface area (Å²) in [5.74, 6) is -0.130. The van der Waals surface area contributed by atoms with Crippen LogP contribution in [0.1, 0.15) is 29.3 Å². The lowest BCUT2D eigenvalue weighted by Crippen LogP contribution is -2.48. The van der Waals surface area contributed by atoms with E-state index >= 15 is 0 Å². The van der Waals surface area contributed by atoms with Crippen molar-refractivity contribution >= 4 is 29.3 Å². The Labute approximate surface area is 182 Å². The van der Waals surface area contributed by atoms with Crippen molar-refractivity contribution in [2.45, 2.75) is 18.9 Å². The molecular formula is C22H19N3O7. The highest BCUT2D eigenvalue weighted by Crippen LogP contribution is 2.41. The first-order valence-corrected chi connectivity index (χ1v) is 10.00. The van der Waals surface area contributed by atoms with E-state index < -0.39 is 29.9 Å². The Morgan fingerprint density at radius 1 is 1.09 bits per heavy atom. The summed E-state index contributed by atoms with van der Waals surface area (Å²) in [7, 11) is 0. The van der Waals surface area contributed by atoms with Gasteiger partial charge in [-0.1, -0.05) is 18.2 Å². The lowest BCUT2D eigenvalue weighted by atomic mass is 9.84. The third-order valence-corrected chi connectivity index (χ3v) is 5.73. The number of hydrogen-bond acceptors (Lipinski definition) is 7. The number of fused-ring (bicyclic) bond motifs is 3. The van der Waals surface area contributed by atoms with E-state index in [1.54, 1.807) is 24.3 Å². The van der Waals surface area contributed by atoms with Gasteiger partial charge in [-0.05, 0) is 19.1 Å². The maximum absolute atomic E-state index is 13.3. The molecule has 1 atom stereocenters. The van der Waals surface area contributed by atoms with Crippen LogP contribution in [-0.2, 0) is 15.1 Å². The molecule has 5 rings (SSSR count). The fraction of sp³-hybridized carbons (Fsp3) is 0.273. The highest BCUT2D eigenvalue weighted by atomic mass is 16.7. The van der Waals surface area contributed by atoms with Crippen LogP contribution in [0.15, 0.2) is 36.4 Å². The maximum Gasteiger partial charge on any atom is 0.325 e. The zero-order valence-corrected chi connectivity index (χ0v) is 17.1. The number of carbonyl (C=O) groups is 4. The van der Waals surface area contributed by atoms with Gasteiger partial charge >= 0.3 is 6.03 Å². The molecule has 0 aromatic heterocycles. The zero-order valence-electron chi connectivity index (χ0n) is 17.1. The maximum atomic E-state index is 13.3. The molecule has 0 unspecified atom stereocenters. The summed E-state index contributed by atoms with van der Waals surface area (Å²) in [6, 6.07) is 9.30. The van der Waals surface area contributed by atoms with Crippen LogP contribution >= 0.6 is 0 Å². The van der Waals surface area contributed by atoms with Crippen molar-refractivity contribution in [2.24, 2.45) is 0 Å². The summed E-state index contributed by atoms with van der Waals surface area (Å²) in [4.78, 5) is 51.6. The van der Waals surface area contributed by atoms with Crippen LogP contribution < -0.4 is 24.8 Å². The predicted molar refractivity (Wildman–Crippen MR) is 110 cm³/mol. The Kier molecular flexibility index (Phi) is 4.50. The van der Waals surface area contributed by atoms with E-state index in [-0.39, 0.29) is 36.9 Å². The van der Waals surface area contributed by atoms with Crippen LogP contribution in [0.5, 0.6) is 17.2 Å². The monoisotopic (exact) mass is 437 g/mol. The second kappa shape index (κ2) is 7.26. The van der Waals surface area contributed by atoms with Gasteiger partial charge in [-0.3, -0.25) is 19.3 Å². The number of para-hydroxylation sites is 1. The fourth-order valence-corrected chi connectivity index (χ4v) is 4.19. The number of rotatable bonds is 4. The molecule has 1 saturated heterocycles. The number of anilines is 1. The first-order chi connectivity index (χ1) is 15.4. The Bertz CT molecular complexity index is 1180.